The molecule has 0 radical (unpaired) electrons. The van der Waals surface area contributed by atoms with Gasteiger partial charge in [-0.2, -0.15) is 13.2 Å². The number of nitrogens with one attached hydrogen (secondary N) is 3. The average Bonchev–Trinajstić information content (AvgIpc) is 4.00. The van der Waals surface area contributed by atoms with Crippen LogP contribution in [-0.2, 0) is 45.0 Å². The van der Waals surface area contributed by atoms with Crippen molar-refractivity contribution in [3.63, 3.8) is 0 Å². The molecule has 4 saturated heterocycles. The summed E-state index contributed by atoms with van der Waals surface area (Å²) in [6.07, 6.45) is 0.662. The maximum atomic E-state index is 12.9. The van der Waals surface area contributed by atoms with Crippen LogP contribution in [0, 0.1) is 0 Å². The summed E-state index contributed by atoms with van der Waals surface area (Å²) in [7, 11) is 0. The summed E-state index contributed by atoms with van der Waals surface area (Å²) in [5.41, 5.74) is 2.46. The summed E-state index contributed by atoms with van der Waals surface area (Å²) in [5, 5.41) is 7.85. The lowest BCUT2D eigenvalue weighted by Crippen LogP contribution is -2.52. The van der Waals surface area contributed by atoms with Gasteiger partial charge in [-0.15, -0.1) is 0 Å². The Morgan fingerprint density at radius 3 is 1.81 bits per heavy atom. The Bertz CT molecular complexity index is 2200. The molecule has 6 amide bonds. The molecule has 7 heterocycles. The fourth-order valence-corrected chi connectivity index (χ4v) is 8.39. The lowest BCUT2D eigenvalue weighted by molar-refractivity contribution is -0.138. The number of fused-ring (bicyclic) bond motifs is 2. The number of likely N-dealkylation sites (tertiary alicyclic amines) is 1. The minimum atomic E-state index is -4.43. The Kier molecular flexibility index (Phi) is 11.1. The molecule has 15 nitrogen and oxygen atoms in total. The van der Waals surface area contributed by atoms with E-state index in [2.05, 4.69) is 20.9 Å². The van der Waals surface area contributed by atoms with E-state index in [4.69, 9.17) is 9.47 Å². The number of piperidine rings is 2. The van der Waals surface area contributed by atoms with Gasteiger partial charge in [-0.3, -0.25) is 49.3 Å². The maximum absolute atomic E-state index is 12.9. The fraction of sp³-hybridized carbons (Fsp3) is 0.439. The molecule has 59 heavy (non-hydrogen) atoms. The summed E-state index contributed by atoms with van der Waals surface area (Å²) in [4.78, 5) is 81.1. The van der Waals surface area contributed by atoms with Crippen LogP contribution in [0.4, 0.5) is 13.2 Å². The van der Waals surface area contributed by atoms with E-state index < -0.39 is 29.7 Å². The first-order valence-electron chi connectivity index (χ1n) is 19.6. The number of benzene rings is 2. The molecule has 0 spiro atoms. The number of hydrogen-bond donors (Lipinski definition) is 3. The van der Waals surface area contributed by atoms with Gasteiger partial charge in [0.15, 0.2) is 0 Å². The summed E-state index contributed by atoms with van der Waals surface area (Å²) in [5.74, 6) is -0.518. The number of imide groups is 2. The molecular formula is C41H42F3N7O8. The van der Waals surface area contributed by atoms with Crippen LogP contribution < -0.4 is 25.4 Å². The second kappa shape index (κ2) is 16.4. The van der Waals surface area contributed by atoms with Crippen LogP contribution in [-0.4, -0.2) is 106 Å². The standard InChI is InChI=1S/C24H23F3N4O4.C17H19N3O4/c25-24(26,27)16-7-14(9-28-10-16)11-30-6-5-18(13-30)35-17-1-2-19-15(8-17)12-31(23(19)34)20-3-4-21(32)29-22(20)33;21-15-4-3-14(16(22)19-15)20-9-10-7-11(1-2-13(10)17(20)23)24-12-5-6-18-8-12/h1-2,7-10,18,20H,3-6,11-13H2,(H,29,32,33);1-2,7,12,14,18H,3-6,8-9H2,(H,19,21,22)/t18-,20?;12-,14?/m00/s1. The summed E-state index contributed by atoms with van der Waals surface area (Å²) < 4.78 is 50.9. The Balaban J connectivity index is 0.000000176. The summed E-state index contributed by atoms with van der Waals surface area (Å²) >= 11 is 0. The molecule has 9 rings (SSSR count). The molecule has 3 N–H and O–H groups in total. The van der Waals surface area contributed by atoms with Crippen molar-refractivity contribution in [3.8, 4) is 11.5 Å². The topological polar surface area (TPSA) is 180 Å². The molecule has 2 unspecified atom stereocenters. The van der Waals surface area contributed by atoms with Gasteiger partial charge in [-0.05, 0) is 91.4 Å². The predicted octanol–water partition coefficient (Wildman–Crippen LogP) is 2.70. The van der Waals surface area contributed by atoms with Crippen molar-refractivity contribution < 1.29 is 51.4 Å². The van der Waals surface area contributed by atoms with Crippen molar-refractivity contribution in [3.05, 3.63) is 88.2 Å². The van der Waals surface area contributed by atoms with E-state index in [1.54, 1.807) is 29.2 Å². The monoisotopic (exact) mass is 817 g/mol. The first-order valence-corrected chi connectivity index (χ1v) is 19.6. The zero-order valence-corrected chi connectivity index (χ0v) is 31.9. The molecule has 18 heteroatoms. The highest BCUT2D eigenvalue weighted by Gasteiger charge is 2.41. The minimum Gasteiger partial charge on any atom is -0.489 e. The van der Waals surface area contributed by atoms with Crippen molar-refractivity contribution in [2.45, 2.75) is 88.6 Å². The van der Waals surface area contributed by atoms with E-state index >= 15 is 0 Å². The molecular weight excluding hydrogens is 775 g/mol. The second-order valence-electron chi connectivity index (χ2n) is 15.5. The molecule has 1 aromatic heterocycles. The van der Waals surface area contributed by atoms with Gasteiger partial charge in [0.1, 0.15) is 35.8 Å². The number of carbonyl (C=O) groups is 6. The normalized spacial score (nSPS) is 24.4. The highest BCUT2D eigenvalue weighted by atomic mass is 19.4. The van der Waals surface area contributed by atoms with E-state index in [9.17, 15) is 41.9 Å². The van der Waals surface area contributed by atoms with Gasteiger partial charge in [0, 0.05) is 75.6 Å². The third-order valence-electron chi connectivity index (χ3n) is 11.4. The number of halogens is 3. The number of ether oxygens (including phenoxy) is 2. The van der Waals surface area contributed by atoms with E-state index in [1.165, 1.54) is 11.1 Å². The molecule has 4 fully saturated rings. The molecule has 0 saturated carbocycles. The smallest absolute Gasteiger partial charge is 0.417 e. The van der Waals surface area contributed by atoms with Gasteiger partial charge in [-0.25, -0.2) is 0 Å². The van der Waals surface area contributed by atoms with Crippen LogP contribution >= 0.6 is 0 Å². The van der Waals surface area contributed by atoms with Crippen LogP contribution in [0.1, 0.15) is 81.5 Å². The van der Waals surface area contributed by atoms with E-state index in [1.807, 2.05) is 17.0 Å². The fourth-order valence-electron chi connectivity index (χ4n) is 8.39. The lowest BCUT2D eigenvalue weighted by Gasteiger charge is -2.29. The second-order valence-corrected chi connectivity index (χ2v) is 15.5. The number of alkyl halides is 3. The molecule has 3 aromatic rings. The first-order chi connectivity index (χ1) is 28.3. The van der Waals surface area contributed by atoms with Gasteiger partial charge in [0.2, 0.25) is 23.6 Å². The number of hydrogen-bond acceptors (Lipinski definition) is 11. The van der Waals surface area contributed by atoms with Gasteiger partial charge in [0.25, 0.3) is 11.8 Å². The highest BCUT2D eigenvalue weighted by molar-refractivity contribution is 6.06. The number of nitrogens with zero attached hydrogens (tertiary/aromatic N) is 4. The molecule has 0 bridgehead atoms. The largest absolute Gasteiger partial charge is 0.489 e. The number of amides is 6. The van der Waals surface area contributed by atoms with Crippen molar-refractivity contribution in [2.75, 3.05) is 26.2 Å². The molecule has 4 atom stereocenters. The van der Waals surface area contributed by atoms with E-state index in [-0.39, 0.29) is 61.1 Å². The number of pyridine rings is 1. The van der Waals surface area contributed by atoms with E-state index in [0.29, 0.717) is 67.9 Å². The Hall–Kier alpha value is -5.88. The van der Waals surface area contributed by atoms with Gasteiger partial charge in [0.05, 0.1) is 5.56 Å². The van der Waals surface area contributed by atoms with Crippen molar-refractivity contribution in [1.29, 1.82) is 0 Å². The molecule has 0 aliphatic carbocycles. The van der Waals surface area contributed by atoms with Crippen LogP contribution in [0.2, 0.25) is 0 Å². The maximum Gasteiger partial charge on any atom is 0.417 e. The number of rotatable bonds is 8. The Morgan fingerprint density at radius 2 is 1.29 bits per heavy atom. The quantitative estimate of drug-likeness (QED) is 0.285. The first kappa shape index (κ1) is 39.9. The Labute approximate surface area is 336 Å². The van der Waals surface area contributed by atoms with Crippen LogP contribution in [0.5, 0.6) is 11.5 Å². The third-order valence-corrected chi connectivity index (χ3v) is 11.4. The molecule has 6 aliphatic rings. The van der Waals surface area contributed by atoms with Crippen molar-refractivity contribution >= 4 is 35.4 Å². The van der Waals surface area contributed by atoms with E-state index in [0.717, 1.165) is 48.6 Å². The summed E-state index contributed by atoms with van der Waals surface area (Å²) in [6.45, 7) is 3.99. The number of aromatic nitrogens is 1. The Morgan fingerprint density at radius 1 is 0.712 bits per heavy atom. The SMILES string of the molecule is O=C1CCC(N2Cc3cc(O[C@H]4CCN(Cc5cncc(C(F)(F)F)c5)C4)ccc3C2=O)C(=O)N1.O=C1CCC(N2Cc3cc(O[C@H]4CCNC4)ccc3C2=O)C(=O)N1. The lowest BCUT2D eigenvalue weighted by atomic mass is 10.0. The third kappa shape index (κ3) is 8.78. The number of carbonyl (C=O) groups excluding carboxylic acids is 6. The van der Waals surface area contributed by atoms with Gasteiger partial charge < -0.3 is 24.6 Å². The predicted molar refractivity (Wildman–Crippen MR) is 200 cm³/mol. The van der Waals surface area contributed by atoms with Gasteiger partial charge >= 0.3 is 6.18 Å². The van der Waals surface area contributed by atoms with Crippen molar-refractivity contribution in [1.82, 2.24) is 35.6 Å². The summed E-state index contributed by atoms with van der Waals surface area (Å²) in [6, 6.07) is 10.5. The zero-order chi connectivity index (χ0) is 41.4. The van der Waals surface area contributed by atoms with Crippen LogP contribution in [0.3, 0.4) is 0 Å². The zero-order valence-electron chi connectivity index (χ0n) is 31.9. The van der Waals surface area contributed by atoms with Crippen molar-refractivity contribution in [2.24, 2.45) is 0 Å². The van der Waals surface area contributed by atoms with Crippen LogP contribution in [0.25, 0.3) is 0 Å². The highest BCUT2D eigenvalue weighted by Crippen LogP contribution is 2.33. The molecule has 310 valence electrons. The molecule has 6 aliphatic heterocycles. The average molecular weight is 818 g/mol. The van der Waals surface area contributed by atoms with Crippen LogP contribution in [0.15, 0.2) is 54.9 Å². The minimum absolute atomic E-state index is 0.143. The van der Waals surface area contributed by atoms with Gasteiger partial charge in [-0.1, -0.05) is 0 Å². The molecule has 2 aromatic carbocycles.